The number of quaternary nitrogens is 1. The minimum atomic E-state index is -1.87. The van der Waals surface area contributed by atoms with E-state index in [0.717, 1.165) is 12.8 Å². The molecule has 3 aliphatic heterocycles. The van der Waals surface area contributed by atoms with Crippen LogP contribution in [0.3, 0.4) is 0 Å². The first kappa shape index (κ1) is 31.8. The molecule has 2 atom stereocenters. The summed E-state index contributed by atoms with van der Waals surface area (Å²) in [4.78, 5) is 39.6. The summed E-state index contributed by atoms with van der Waals surface area (Å²) < 4.78 is 24.0. The minimum absolute atomic E-state index is 0. The molecular weight excluding hydrogens is 558 g/mol. The van der Waals surface area contributed by atoms with E-state index in [1.54, 1.807) is 69.3 Å². The zero-order valence-corrected chi connectivity index (χ0v) is 25.5. The van der Waals surface area contributed by atoms with Crippen LogP contribution >= 0.6 is 0 Å². The van der Waals surface area contributed by atoms with Crippen LogP contribution in [0.1, 0.15) is 76.8 Å². The molecule has 3 heterocycles. The largest absolute Gasteiger partial charge is 1.00 e. The number of halogens is 1. The molecule has 5 rings (SSSR count). The highest BCUT2D eigenvalue weighted by Crippen LogP contribution is 2.47. The molecule has 9 heteroatoms. The second kappa shape index (κ2) is 13.0. The summed E-state index contributed by atoms with van der Waals surface area (Å²) in [5.74, 6) is -1.13. The van der Waals surface area contributed by atoms with Gasteiger partial charge in [0, 0.05) is 49.7 Å². The van der Waals surface area contributed by atoms with Gasteiger partial charge in [-0.15, -0.1) is 0 Å². The van der Waals surface area contributed by atoms with Gasteiger partial charge in [-0.25, -0.2) is 9.59 Å². The van der Waals surface area contributed by atoms with Crippen LogP contribution in [0.25, 0.3) is 0 Å². The van der Waals surface area contributed by atoms with Crippen molar-refractivity contribution < 1.29 is 50.2 Å². The van der Waals surface area contributed by atoms with Crippen LogP contribution < -0.4 is 12.4 Å². The van der Waals surface area contributed by atoms with Crippen LogP contribution in [0.4, 0.5) is 4.79 Å². The Hall–Kier alpha value is -3.10. The van der Waals surface area contributed by atoms with Gasteiger partial charge in [0.15, 0.2) is 0 Å². The molecule has 0 radical (unpaired) electrons. The van der Waals surface area contributed by atoms with Crippen molar-refractivity contribution in [3.8, 4) is 0 Å². The third-order valence-corrected chi connectivity index (χ3v) is 8.86. The van der Waals surface area contributed by atoms with Crippen LogP contribution in [0.5, 0.6) is 0 Å². The van der Waals surface area contributed by atoms with Gasteiger partial charge in [0.2, 0.25) is 0 Å². The molecule has 0 N–H and O–H groups in total. The lowest BCUT2D eigenvalue weighted by molar-refractivity contribution is -0.956. The third-order valence-electron chi connectivity index (χ3n) is 8.86. The van der Waals surface area contributed by atoms with E-state index in [0.29, 0.717) is 23.2 Å². The van der Waals surface area contributed by atoms with Gasteiger partial charge in [0.1, 0.15) is 18.3 Å². The summed E-state index contributed by atoms with van der Waals surface area (Å²) in [6.07, 6.45) is 5.07. The maximum atomic E-state index is 14.3. The molecule has 2 bridgehead atoms. The Balaban J connectivity index is 0.00000405. The molecule has 3 saturated heterocycles. The fraction of sp³-hybridized carbons (Fsp3) is 0.545. The first-order valence-electron chi connectivity index (χ1n) is 14.9. The van der Waals surface area contributed by atoms with E-state index >= 15 is 0 Å². The molecular formula is C33H42ClNO7. The van der Waals surface area contributed by atoms with E-state index in [1.165, 1.54) is 43.3 Å². The summed E-state index contributed by atoms with van der Waals surface area (Å²) in [7, 11) is 0. The Kier molecular flexibility index (Phi) is 9.88. The molecule has 3 fully saturated rings. The lowest BCUT2D eigenvalue weighted by Crippen LogP contribution is -3.00. The van der Waals surface area contributed by atoms with Gasteiger partial charge >= 0.3 is 18.1 Å². The molecule has 0 amide bonds. The number of benzene rings is 2. The van der Waals surface area contributed by atoms with Gasteiger partial charge in [0.25, 0.3) is 5.60 Å². The molecule has 2 aromatic rings. The number of nitrogens with zero attached hydrogens (tertiary/aromatic N) is 1. The summed E-state index contributed by atoms with van der Waals surface area (Å²) in [5.41, 5.74) is -1.60. The lowest BCUT2D eigenvalue weighted by atomic mass is 9.85. The Morgan fingerprint density at radius 1 is 0.810 bits per heavy atom. The smallest absolute Gasteiger partial charge is 0.510 e. The van der Waals surface area contributed by atoms with Crippen molar-refractivity contribution >= 4 is 18.1 Å². The SMILES string of the molecule is CC(C)(C)OC(=O)CCOC(=O)OC(C(=O)OC1CC2CCC(C1)[N+]21CCCC1)(c1ccccc1)c1ccccc1.[Cl-]. The predicted molar refractivity (Wildman–Crippen MR) is 152 cm³/mol. The number of rotatable bonds is 8. The highest BCUT2D eigenvalue weighted by Gasteiger charge is 2.57. The van der Waals surface area contributed by atoms with Crippen molar-refractivity contribution in [3.05, 3.63) is 71.8 Å². The first-order valence-corrected chi connectivity index (χ1v) is 14.9. The molecule has 0 aromatic heterocycles. The van der Waals surface area contributed by atoms with E-state index in [4.69, 9.17) is 18.9 Å². The third kappa shape index (κ3) is 6.60. The monoisotopic (exact) mass is 599 g/mol. The number of ether oxygens (including phenoxy) is 4. The molecule has 2 unspecified atom stereocenters. The van der Waals surface area contributed by atoms with Crippen LogP contribution in [-0.4, -0.2) is 66.1 Å². The quantitative estimate of drug-likeness (QED) is 0.262. The Morgan fingerprint density at radius 3 is 1.83 bits per heavy atom. The van der Waals surface area contributed by atoms with Crippen LogP contribution in [0.15, 0.2) is 60.7 Å². The van der Waals surface area contributed by atoms with E-state index in [-0.39, 0.29) is 31.5 Å². The van der Waals surface area contributed by atoms with Gasteiger partial charge in [-0.1, -0.05) is 60.7 Å². The van der Waals surface area contributed by atoms with E-state index in [2.05, 4.69) is 0 Å². The van der Waals surface area contributed by atoms with Crippen molar-refractivity contribution in [1.29, 1.82) is 0 Å². The van der Waals surface area contributed by atoms with E-state index < -0.39 is 29.3 Å². The number of hydrogen-bond acceptors (Lipinski definition) is 7. The van der Waals surface area contributed by atoms with Gasteiger partial charge in [0.05, 0.1) is 31.6 Å². The second-order valence-electron chi connectivity index (χ2n) is 12.6. The number of esters is 2. The minimum Gasteiger partial charge on any atom is -1.00 e. The zero-order chi connectivity index (χ0) is 29.1. The standard InChI is InChI=1S/C33H42NO7.ClH/c1-32(2,3)40-29(35)18-21-38-31(37)41-33(24-12-6-4-7-13-24,25-14-8-5-9-15-25)30(36)39-28-22-26-16-17-27(23-28)34(26)19-10-11-20-34;/h4-9,12-15,26-28H,10-11,16-23H2,1-3H3;1H/q+1;/p-1. The molecule has 8 nitrogen and oxygen atoms in total. The van der Waals surface area contributed by atoms with Crippen molar-refractivity contribution in [1.82, 2.24) is 0 Å². The normalized spacial score (nSPS) is 22.6. The van der Waals surface area contributed by atoms with Crippen molar-refractivity contribution in [2.24, 2.45) is 0 Å². The van der Waals surface area contributed by atoms with Crippen LogP contribution in [0, 0.1) is 0 Å². The number of hydrogen-bond donors (Lipinski definition) is 0. The molecule has 0 aliphatic carbocycles. The fourth-order valence-corrected chi connectivity index (χ4v) is 7.21. The summed E-state index contributed by atoms with van der Waals surface area (Å²) in [6, 6.07) is 18.8. The molecule has 0 saturated carbocycles. The second-order valence-corrected chi connectivity index (χ2v) is 12.6. The number of piperidine rings is 1. The summed E-state index contributed by atoms with van der Waals surface area (Å²) in [6.45, 7) is 7.52. The van der Waals surface area contributed by atoms with Gasteiger partial charge in [-0.05, 0) is 20.8 Å². The van der Waals surface area contributed by atoms with Gasteiger partial charge in [-0.2, -0.15) is 0 Å². The topological polar surface area (TPSA) is 88.1 Å². The molecule has 1 spiro atoms. The molecule has 228 valence electrons. The summed E-state index contributed by atoms with van der Waals surface area (Å²) in [5, 5.41) is 0. The van der Waals surface area contributed by atoms with Gasteiger partial charge < -0.3 is 35.8 Å². The predicted octanol–water partition coefficient (Wildman–Crippen LogP) is 2.67. The molecule has 42 heavy (non-hydrogen) atoms. The Morgan fingerprint density at radius 2 is 1.33 bits per heavy atom. The average molecular weight is 600 g/mol. The lowest BCUT2D eigenvalue weighted by Gasteiger charge is -2.47. The average Bonchev–Trinajstić information content (AvgIpc) is 3.48. The number of carbonyl (C=O) groups is 3. The first-order chi connectivity index (χ1) is 19.6. The van der Waals surface area contributed by atoms with Crippen LogP contribution in [-0.2, 0) is 34.1 Å². The van der Waals surface area contributed by atoms with Crippen molar-refractivity contribution in [2.75, 3.05) is 19.7 Å². The Labute approximate surface area is 254 Å². The fourth-order valence-electron chi connectivity index (χ4n) is 7.21. The van der Waals surface area contributed by atoms with Gasteiger partial charge in [-0.3, -0.25) is 4.79 Å². The van der Waals surface area contributed by atoms with Crippen molar-refractivity contribution in [2.45, 2.75) is 95.1 Å². The van der Waals surface area contributed by atoms with E-state index in [1.807, 2.05) is 12.1 Å². The maximum Gasteiger partial charge on any atom is 0.510 e. The maximum absolute atomic E-state index is 14.3. The Bertz CT molecular complexity index is 1170. The summed E-state index contributed by atoms with van der Waals surface area (Å²) >= 11 is 0. The van der Waals surface area contributed by atoms with E-state index in [9.17, 15) is 14.4 Å². The highest BCUT2D eigenvalue weighted by atomic mass is 35.5. The van der Waals surface area contributed by atoms with Crippen LogP contribution in [0.2, 0.25) is 0 Å². The molecule has 2 aromatic carbocycles. The highest BCUT2D eigenvalue weighted by molar-refractivity contribution is 5.88. The molecule has 3 aliphatic rings. The zero-order valence-electron chi connectivity index (χ0n) is 24.8. The van der Waals surface area contributed by atoms with Crippen molar-refractivity contribution in [3.63, 3.8) is 0 Å². The number of carbonyl (C=O) groups excluding carboxylic acids is 3.